The minimum Gasteiger partial charge on any atom is -0.368 e. The molecule has 1 saturated heterocycles. The van der Waals surface area contributed by atoms with E-state index < -0.39 is 5.54 Å². The highest BCUT2D eigenvalue weighted by atomic mass is 16.1. The predicted octanol–water partition coefficient (Wildman–Crippen LogP) is 0.646. The van der Waals surface area contributed by atoms with Crippen molar-refractivity contribution < 1.29 is 4.79 Å². The third-order valence-electron chi connectivity index (χ3n) is 4.71. The molecular weight excluding hydrogens is 252 g/mol. The Bertz CT molecular complexity index is 310. The molecule has 0 aromatic carbocycles. The smallest absolute Gasteiger partial charge is 0.237 e. The van der Waals surface area contributed by atoms with E-state index in [9.17, 15) is 4.79 Å². The van der Waals surface area contributed by atoms with Gasteiger partial charge in [0.2, 0.25) is 5.91 Å². The first kappa shape index (κ1) is 17.4. The van der Waals surface area contributed by atoms with Gasteiger partial charge in [0, 0.05) is 12.6 Å². The van der Waals surface area contributed by atoms with E-state index in [1.807, 2.05) is 6.92 Å². The lowest BCUT2D eigenvalue weighted by molar-refractivity contribution is -0.123. The van der Waals surface area contributed by atoms with Crippen molar-refractivity contribution in [3.05, 3.63) is 0 Å². The summed E-state index contributed by atoms with van der Waals surface area (Å²) in [7, 11) is 4.01. The molecule has 0 aromatic heterocycles. The van der Waals surface area contributed by atoms with E-state index in [1.54, 1.807) is 7.05 Å². The molecule has 20 heavy (non-hydrogen) atoms. The molecule has 1 rings (SSSR count). The maximum Gasteiger partial charge on any atom is 0.237 e. The quantitative estimate of drug-likeness (QED) is 0.720. The number of primary amides is 1. The van der Waals surface area contributed by atoms with Crippen LogP contribution in [0.4, 0.5) is 0 Å². The first-order chi connectivity index (χ1) is 9.42. The van der Waals surface area contributed by atoms with Crippen LogP contribution in [0.1, 0.15) is 39.5 Å². The Balaban J connectivity index is 2.48. The van der Waals surface area contributed by atoms with E-state index in [2.05, 4.69) is 29.1 Å². The van der Waals surface area contributed by atoms with Crippen molar-refractivity contribution in [2.45, 2.75) is 51.1 Å². The van der Waals surface area contributed by atoms with Crippen LogP contribution < -0.4 is 11.1 Å². The van der Waals surface area contributed by atoms with Gasteiger partial charge in [-0.05, 0) is 66.3 Å². The van der Waals surface area contributed by atoms with E-state index in [4.69, 9.17) is 5.73 Å². The van der Waals surface area contributed by atoms with Crippen molar-refractivity contribution in [2.75, 3.05) is 40.3 Å². The summed E-state index contributed by atoms with van der Waals surface area (Å²) in [6.07, 6.45) is 4.21. The maximum absolute atomic E-state index is 11.5. The molecule has 1 fully saturated rings. The topological polar surface area (TPSA) is 61.6 Å². The van der Waals surface area contributed by atoms with Gasteiger partial charge in [0.15, 0.2) is 0 Å². The third-order valence-corrected chi connectivity index (χ3v) is 4.71. The summed E-state index contributed by atoms with van der Waals surface area (Å²) in [6.45, 7) is 8.70. The van der Waals surface area contributed by atoms with E-state index in [-0.39, 0.29) is 5.91 Å². The average Bonchev–Trinajstić information content (AvgIpc) is 2.59. The zero-order valence-electron chi connectivity index (χ0n) is 13.6. The Hall–Kier alpha value is -0.650. The monoisotopic (exact) mass is 284 g/mol. The van der Waals surface area contributed by atoms with Crippen molar-refractivity contribution in [1.82, 2.24) is 15.1 Å². The van der Waals surface area contributed by atoms with Crippen LogP contribution in [0.15, 0.2) is 0 Å². The standard InChI is InChI=1S/C15H32N4O/c1-5-13-12-18(4)9-7-11-19(13)10-6-8-15(2,17-3)14(16)20/h13,17H,5-12H2,1-4H3,(H2,16,20). The molecule has 5 nitrogen and oxygen atoms in total. The lowest BCUT2D eigenvalue weighted by Crippen LogP contribution is -2.52. The Morgan fingerprint density at radius 2 is 2.15 bits per heavy atom. The van der Waals surface area contributed by atoms with Crippen molar-refractivity contribution in [1.29, 1.82) is 0 Å². The van der Waals surface area contributed by atoms with Gasteiger partial charge in [0.05, 0.1) is 5.54 Å². The fraction of sp³-hybridized carbons (Fsp3) is 0.933. The van der Waals surface area contributed by atoms with Gasteiger partial charge >= 0.3 is 0 Å². The highest BCUT2D eigenvalue weighted by Crippen LogP contribution is 2.16. The second kappa shape index (κ2) is 7.96. The van der Waals surface area contributed by atoms with E-state index >= 15 is 0 Å². The van der Waals surface area contributed by atoms with Gasteiger partial charge in [-0.3, -0.25) is 9.69 Å². The summed E-state index contributed by atoms with van der Waals surface area (Å²) in [5, 5.41) is 3.06. The van der Waals surface area contributed by atoms with E-state index in [0.717, 1.165) is 32.5 Å². The molecule has 2 atom stereocenters. The van der Waals surface area contributed by atoms with Crippen LogP contribution in [0, 0.1) is 0 Å². The van der Waals surface area contributed by atoms with Gasteiger partial charge in [-0.1, -0.05) is 6.92 Å². The Morgan fingerprint density at radius 1 is 1.45 bits per heavy atom. The minimum absolute atomic E-state index is 0.261. The molecule has 1 amide bonds. The summed E-state index contributed by atoms with van der Waals surface area (Å²) < 4.78 is 0. The molecule has 118 valence electrons. The van der Waals surface area contributed by atoms with Crippen LogP contribution in [0.3, 0.4) is 0 Å². The summed E-state index contributed by atoms with van der Waals surface area (Å²) in [6, 6.07) is 0.636. The number of nitrogens with two attached hydrogens (primary N) is 1. The zero-order chi connectivity index (χ0) is 15.2. The fourth-order valence-electron chi connectivity index (χ4n) is 2.98. The first-order valence-corrected chi connectivity index (χ1v) is 7.84. The Labute approximate surface area is 123 Å². The van der Waals surface area contributed by atoms with Crippen LogP contribution >= 0.6 is 0 Å². The largest absolute Gasteiger partial charge is 0.368 e. The van der Waals surface area contributed by atoms with Crippen molar-refractivity contribution >= 4 is 5.91 Å². The number of carbonyl (C=O) groups is 1. The highest BCUT2D eigenvalue weighted by Gasteiger charge is 2.29. The second-order valence-corrected chi connectivity index (χ2v) is 6.26. The average molecular weight is 284 g/mol. The summed E-state index contributed by atoms with van der Waals surface area (Å²) in [5.41, 5.74) is 4.90. The molecule has 0 spiro atoms. The SMILES string of the molecule is CCC1CN(C)CCCN1CCCC(C)(NC)C(N)=O. The second-order valence-electron chi connectivity index (χ2n) is 6.26. The van der Waals surface area contributed by atoms with E-state index in [0.29, 0.717) is 6.04 Å². The number of hydrogen-bond donors (Lipinski definition) is 2. The molecule has 1 aliphatic heterocycles. The Morgan fingerprint density at radius 3 is 2.70 bits per heavy atom. The molecule has 0 aliphatic carbocycles. The third kappa shape index (κ3) is 4.72. The summed E-state index contributed by atoms with van der Waals surface area (Å²) >= 11 is 0. The van der Waals surface area contributed by atoms with Gasteiger partial charge in [0.25, 0.3) is 0 Å². The van der Waals surface area contributed by atoms with Gasteiger partial charge in [-0.25, -0.2) is 0 Å². The number of nitrogens with one attached hydrogen (secondary N) is 1. The fourth-order valence-corrected chi connectivity index (χ4v) is 2.98. The zero-order valence-corrected chi connectivity index (χ0v) is 13.6. The van der Waals surface area contributed by atoms with Crippen LogP contribution in [0.25, 0.3) is 0 Å². The predicted molar refractivity (Wildman–Crippen MR) is 83.7 cm³/mol. The van der Waals surface area contributed by atoms with Gasteiger partial charge in [-0.2, -0.15) is 0 Å². The number of hydrogen-bond acceptors (Lipinski definition) is 4. The molecule has 1 heterocycles. The molecule has 0 aromatic rings. The molecule has 0 bridgehead atoms. The lowest BCUT2D eigenvalue weighted by atomic mass is 9.95. The number of rotatable bonds is 7. The van der Waals surface area contributed by atoms with Crippen molar-refractivity contribution in [3.63, 3.8) is 0 Å². The van der Waals surface area contributed by atoms with Crippen molar-refractivity contribution in [3.8, 4) is 0 Å². The van der Waals surface area contributed by atoms with Gasteiger partial charge < -0.3 is 16.0 Å². The first-order valence-electron chi connectivity index (χ1n) is 7.84. The molecule has 0 saturated carbocycles. The van der Waals surface area contributed by atoms with E-state index in [1.165, 1.54) is 19.4 Å². The molecule has 0 radical (unpaired) electrons. The normalized spacial score (nSPS) is 25.1. The minimum atomic E-state index is -0.579. The van der Waals surface area contributed by atoms with Gasteiger partial charge in [-0.15, -0.1) is 0 Å². The lowest BCUT2D eigenvalue weighted by Gasteiger charge is -2.32. The Kier molecular flexibility index (Phi) is 6.92. The number of likely N-dealkylation sites (N-methyl/N-ethyl adjacent to an activating group) is 2. The van der Waals surface area contributed by atoms with Crippen LogP contribution in [-0.4, -0.2) is 67.6 Å². The van der Waals surface area contributed by atoms with Crippen molar-refractivity contribution in [2.24, 2.45) is 5.73 Å². The maximum atomic E-state index is 11.5. The molecule has 3 N–H and O–H groups in total. The molecule has 5 heteroatoms. The molecule has 2 unspecified atom stereocenters. The summed E-state index contributed by atoms with van der Waals surface area (Å²) in [4.78, 5) is 16.5. The summed E-state index contributed by atoms with van der Waals surface area (Å²) in [5.74, 6) is -0.261. The molecular formula is C15H32N4O. The molecule has 1 aliphatic rings. The van der Waals surface area contributed by atoms with Crippen LogP contribution in [0.2, 0.25) is 0 Å². The van der Waals surface area contributed by atoms with Crippen LogP contribution in [0.5, 0.6) is 0 Å². The van der Waals surface area contributed by atoms with Crippen LogP contribution in [-0.2, 0) is 4.79 Å². The highest BCUT2D eigenvalue weighted by molar-refractivity contribution is 5.84. The number of nitrogens with zero attached hydrogens (tertiary/aromatic N) is 2. The van der Waals surface area contributed by atoms with Gasteiger partial charge in [0.1, 0.15) is 0 Å². The number of amides is 1. The number of carbonyl (C=O) groups excluding carboxylic acids is 1.